The molecule has 1 amide bonds. The SMILES string of the molecule is CCCCCCCCCC/C=C\CCCCCCCCCCCCCCCCCCCC(=O)NC(COC1OC(CO)C(OC2OC(CO)C(OC3OC(CO)C(O)C(O)C3O)C(O)C2O)C(O)C1O)C(O)/C=C/CCCCCCCCCC. The average Bonchev–Trinajstić information content (AvgIpc) is 2.80. The van der Waals surface area contributed by atoms with E-state index in [1.807, 2.05) is 6.08 Å². The van der Waals surface area contributed by atoms with E-state index in [4.69, 9.17) is 28.4 Å². The smallest absolute Gasteiger partial charge is 0.220 e. The molecule has 494 valence electrons. The molecule has 84 heavy (non-hydrogen) atoms. The van der Waals surface area contributed by atoms with Crippen molar-refractivity contribution < 1.29 is 89.4 Å². The number of carbonyl (C=O) groups is 1. The molecule has 3 saturated heterocycles. The molecule has 0 spiro atoms. The number of nitrogens with one attached hydrogen (secondary N) is 1. The first kappa shape index (κ1) is 76.5. The highest BCUT2D eigenvalue weighted by Gasteiger charge is 2.53. The number of hydrogen-bond acceptors (Lipinski definition) is 18. The van der Waals surface area contributed by atoms with Crippen LogP contribution >= 0.6 is 0 Å². The lowest BCUT2D eigenvalue weighted by atomic mass is 9.96. The summed E-state index contributed by atoms with van der Waals surface area (Å²) in [7, 11) is 0. The number of aliphatic hydroxyl groups excluding tert-OH is 11. The van der Waals surface area contributed by atoms with Crippen LogP contribution < -0.4 is 5.32 Å². The topological polar surface area (TPSA) is 307 Å². The molecule has 3 heterocycles. The minimum Gasteiger partial charge on any atom is -0.394 e. The molecule has 0 aromatic carbocycles. The number of carbonyl (C=O) groups excluding carboxylic acids is 1. The van der Waals surface area contributed by atoms with Crippen molar-refractivity contribution in [1.29, 1.82) is 0 Å². The minimum absolute atomic E-state index is 0.247. The molecule has 12 N–H and O–H groups in total. The van der Waals surface area contributed by atoms with Crippen molar-refractivity contribution in [2.24, 2.45) is 0 Å². The fourth-order valence-corrected chi connectivity index (χ4v) is 11.5. The van der Waals surface area contributed by atoms with Crippen LogP contribution in [0, 0.1) is 0 Å². The lowest BCUT2D eigenvalue weighted by Crippen LogP contribution is -2.66. The van der Waals surface area contributed by atoms with E-state index >= 15 is 0 Å². The number of unbranched alkanes of at least 4 members (excludes halogenated alkanes) is 33. The molecule has 17 atom stereocenters. The van der Waals surface area contributed by atoms with Crippen LogP contribution in [0.1, 0.15) is 251 Å². The Morgan fingerprint density at radius 2 is 0.750 bits per heavy atom. The highest BCUT2D eigenvalue weighted by molar-refractivity contribution is 5.76. The molecule has 0 saturated carbocycles. The predicted octanol–water partition coefficient (Wildman–Crippen LogP) is 7.88. The van der Waals surface area contributed by atoms with Crippen LogP contribution in [-0.2, 0) is 33.2 Å². The first-order chi connectivity index (χ1) is 40.8. The summed E-state index contributed by atoms with van der Waals surface area (Å²) in [5.41, 5.74) is 0. The van der Waals surface area contributed by atoms with Gasteiger partial charge in [-0.2, -0.15) is 0 Å². The summed E-state index contributed by atoms with van der Waals surface area (Å²) in [6.07, 6.45) is 26.2. The summed E-state index contributed by atoms with van der Waals surface area (Å²) < 4.78 is 34.2. The molecule has 0 radical (unpaired) electrons. The maximum Gasteiger partial charge on any atom is 0.220 e. The van der Waals surface area contributed by atoms with E-state index < -0.39 is 124 Å². The molecular weight excluding hydrogens is 1080 g/mol. The van der Waals surface area contributed by atoms with Gasteiger partial charge in [0, 0.05) is 6.42 Å². The van der Waals surface area contributed by atoms with Gasteiger partial charge in [-0.3, -0.25) is 4.79 Å². The Balaban J connectivity index is 1.37. The Kier molecular flexibility index (Phi) is 43.9. The predicted molar refractivity (Wildman–Crippen MR) is 323 cm³/mol. The van der Waals surface area contributed by atoms with E-state index in [0.29, 0.717) is 6.42 Å². The summed E-state index contributed by atoms with van der Waals surface area (Å²) >= 11 is 0. The summed E-state index contributed by atoms with van der Waals surface area (Å²) in [5, 5.41) is 120. The Hall–Kier alpha value is -1.73. The van der Waals surface area contributed by atoms with Gasteiger partial charge >= 0.3 is 0 Å². The van der Waals surface area contributed by atoms with E-state index in [9.17, 15) is 61.0 Å². The largest absolute Gasteiger partial charge is 0.394 e. The number of ether oxygens (including phenoxy) is 6. The third-order valence-corrected chi connectivity index (χ3v) is 17.0. The molecule has 19 nitrogen and oxygen atoms in total. The van der Waals surface area contributed by atoms with Gasteiger partial charge in [-0.25, -0.2) is 0 Å². The van der Waals surface area contributed by atoms with Crippen molar-refractivity contribution in [2.75, 3.05) is 26.4 Å². The maximum atomic E-state index is 13.3. The monoisotopic (exact) mass is 1200 g/mol. The molecule has 0 aliphatic carbocycles. The second-order valence-corrected chi connectivity index (χ2v) is 24.3. The van der Waals surface area contributed by atoms with Gasteiger partial charge in [-0.05, 0) is 44.9 Å². The van der Waals surface area contributed by atoms with Crippen molar-refractivity contribution in [1.82, 2.24) is 5.32 Å². The zero-order chi connectivity index (χ0) is 61.2. The van der Waals surface area contributed by atoms with Gasteiger partial charge in [0.05, 0.1) is 38.6 Å². The van der Waals surface area contributed by atoms with Gasteiger partial charge in [0.2, 0.25) is 5.91 Å². The standard InChI is InChI=1S/C65H121NO18/c1-3-5-7-9-11-13-15-16-17-18-19-20-21-22-23-24-25-26-27-28-29-30-31-32-33-35-37-39-41-43-53(71)66-48(49(70)42-40-38-36-34-14-12-10-8-6-4-2)47-79-63-59(77)56(74)61(51(45-68)81-63)84-65-60(78)57(75)62(52(46-69)82-65)83-64-58(76)55(73)54(72)50(44-67)80-64/h18-19,40,42,48-52,54-65,67-70,72-78H,3-17,20-39,41,43-47H2,1-2H3,(H,66,71)/b19-18-,42-40+. The number of rotatable bonds is 51. The van der Waals surface area contributed by atoms with Gasteiger partial charge < -0.3 is 89.9 Å². The normalized spacial score (nSPS) is 29.3. The fraction of sp³-hybridized carbons (Fsp3) is 0.923. The first-order valence-corrected chi connectivity index (χ1v) is 33.6. The lowest BCUT2D eigenvalue weighted by Gasteiger charge is -2.48. The van der Waals surface area contributed by atoms with Crippen LogP contribution in [0.15, 0.2) is 24.3 Å². The van der Waals surface area contributed by atoms with Crippen LogP contribution in [0.25, 0.3) is 0 Å². The molecule has 17 unspecified atom stereocenters. The molecule has 19 heteroatoms. The van der Waals surface area contributed by atoms with Crippen molar-refractivity contribution in [2.45, 2.75) is 356 Å². The van der Waals surface area contributed by atoms with E-state index in [1.165, 1.54) is 180 Å². The summed E-state index contributed by atoms with van der Waals surface area (Å²) in [6.45, 7) is 1.71. The molecule has 0 bridgehead atoms. The number of allylic oxidation sites excluding steroid dienone is 3. The maximum absolute atomic E-state index is 13.3. The lowest BCUT2D eigenvalue weighted by molar-refractivity contribution is -0.379. The van der Waals surface area contributed by atoms with Gasteiger partial charge in [0.1, 0.15) is 73.2 Å². The third-order valence-electron chi connectivity index (χ3n) is 17.0. The Bertz CT molecular complexity index is 1630. The second kappa shape index (κ2) is 48.2. The van der Waals surface area contributed by atoms with E-state index in [0.717, 1.165) is 44.9 Å². The molecule has 3 rings (SSSR count). The molecule has 3 aliphatic rings. The second-order valence-electron chi connectivity index (χ2n) is 24.3. The number of hydrogen-bond donors (Lipinski definition) is 12. The number of aliphatic hydroxyl groups is 11. The van der Waals surface area contributed by atoms with Crippen LogP contribution in [0.3, 0.4) is 0 Å². The Morgan fingerprint density at radius 1 is 0.417 bits per heavy atom. The zero-order valence-electron chi connectivity index (χ0n) is 51.9. The van der Waals surface area contributed by atoms with Gasteiger partial charge in [0.25, 0.3) is 0 Å². The van der Waals surface area contributed by atoms with Crippen molar-refractivity contribution >= 4 is 5.91 Å². The van der Waals surface area contributed by atoms with Crippen LogP contribution in [0.2, 0.25) is 0 Å². The summed E-state index contributed by atoms with van der Waals surface area (Å²) in [6, 6.07) is -0.968. The Labute approximate surface area is 505 Å². The van der Waals surface area contributed by atoms with Crippen molar-refractivity contribution in [3.05, 3.63) is 24.3 Å². The minimum atomic E-state index is -1.98. The third kappa shape index (κ3) is 30.7. The summed E-state index contributed by atoms with van der Waals surface area (Å²) in [5.74, 6) is -0.274. The van der Waals surface area contributed by atoms with Crippen molar-refractivity contribution in [3.63, 3.8) is 0 Å². The molecule has 3 aliphatic heterocycles. The van der Waals surface area contributed by atoms with E-state index in [-0.39, 0.29) is 18.9 Å². The van der Waals surface area contributed by atoms with E-state index in [1.54, 1.807) is 6.08 Å². The highest BCUT2D eigenvalue weighted by Crippen LogP contribution is 2.33. The first-order valence-electron chi connectivity index (χ1n) is 33.6. The molecule has 0 aromatic rings. The van der Waals surface area contributed by atoms with Gasteiger partial charge in [0.15, 0.2) is 18.9 Å². The highest BCUT2D eigenvalue weighted by atomic mass is 16.8. The van der Waals surface area contributed by atoms with Gasteiger partial charge in [-0.15, -0.1) is 0 Å². The average molecular weight is 1200 g/mol. The van der Waals surface area contributed by atoms with Crippen molar-refractivity contribution in [3.8, 4) is 0 Å². The quantitative estimate of drug-likeness (QED) is 0.0204. The van der Waals surface area contributed by atoms with E-state index in [2.05, 4.69) is 31.3 Å². The number of amides is 1. The molecule has 3 fully saturated rings. The van der Waals surface area contributed by atoms with Gasteiger partial charge in [-0.1, -0.05) is 224 Å². The Morgan fingerprint density at radius 3 is 1.15 bits per heavy atom. The van der Waals surface area contributed by atoms with Crippen LogP contribution in [-0.4, -0.2) is 193 Å². The zero-order valence-corrected chi connectivity index (χ0v) is 51.9. The molecular formula is C65H121NO18. The van der Waals surface area contributed by atoms with Crippen LogP contribution in [0.5, 0.6) is 0 Å². The molecule has 0 aromatic heterocycles. The fourth-order valence-electron chi connectivity index (χ4n) is 11.5. The summed E-state index contributed by atoms with van der Waals surface area (Å²) in [4.78, 5) is 13.3. The van der Waals surface area contributed by atoms with Crippen LogP contribution in [0.4, 0.5) is 0 Å².